The van der Waals surface area contributed by atoms with Gasteiger partial charge in [0.1, 0.15) is 17.7 Å². The number of rotatable bonds is 15. The number of nitrogens with one attached hydrogen (secondary N) is 1. The zero-order valence-electron chi connectivity index (χ0n) is 27.5. The third kappa shape index (κ3) is 6.66. The molecule has 11 heteroatoms. The van der Waals surface area contributed by atoms with Crippen LogP contribution in [-0.4, -0.2) is 83.3 Å². The van der Waals surface area contributed by atoms with Crippen LogP contribution in [0.5, 0.6) is 0 Å². The number of ether oxygens (including phenoxy) is 2. The number of esters is 1. The van der Waals surface area contributed by atoms with Crippen LogP contribution >= 0.6 is 11.6 Å². The van der Waals surface area contributed by atoms with Crippen molar-refractivity contribution in [3.63, 3.8) is 0 Å². The maximum Gasteiger partial charge on any atom is 0.312 e. The fourth-order valence-corrected chi connectivity index (χ4v) is 7.92. The van der Waals surface area contributed by atoms with Crippen molar-refractivity contribution in [2.24, 2.45) is 11.8 Å². The van der Waals surface area contributed by atoms with Gasteiger partial charge in [0.2, 0.25) is 11.8 Å². The molecule has 5 rings (SSSR count). The first-order valence-corrected chi connectivity index (χ1v) is 16.9. The van der Waals surface area contributed by atoms with E-state index in [1.807, 2.05) is 43.3 Å². The minimum absolute atomic E-state index is 0.105. The highest BCUT2D eigenvalue weighted by atomic mass is 35.5. The summed E-state index contributed by atoms with van der Waals surface area (Å²) < 4.78 is 12.4. The van der Waals surface area contributed by atoms with E-state index >= 15 is 0 Å². The van der Waals surface area contributed by atoms with Crippen LogP contribution in [0.15, 0.2) is 73.8 Å². The predicted octanol–water partition coefficient (Wildman–Crippen LogP) is 4.16. The number of allylic oxidation sites excluding steroid dienone is 1. The highest BCUT2D eigenvalue weighted by molar-refractivity contribution is 6.34. The van der Waals surface area contributed by atoms with Gasteiger partial charge in [0.25, 0.3) is 5.91 Å². The van der Waals surface area contributed by atoms with Crippen LogP contribution in [-0.2, 0) is 35.1 Å². The molecular weight excluding hydrogens is 634 g/mol. The molecule has 0 unspecified atom stereocenters. The second kappa shape index (κ2) is 15.1. The number of aryl methyl sites for hydroxylation is 1. The van der Waals surface area contributed by atoms with Crippen LogP contribution in [0.3, 0.4) is 0 Å². The van der Waals surface area contributed by atoms with Crippen molar-refractivity contribution in [3.8, 4) is 0 Å². The van der Waals surface area contributed by atoms with Gasteiger partial charge >= 0.3 is 5.97 Å². The molecule has 1 spiro atoms. The molecule has 2 aromatic rings. The highest BCUT2D eigenvalue weighted by Gasteiger charge is 2.75. The van der Waals surface area contributed by atoms with Crippen molar-refractivity contribution in [1.82, 2.24) is 10.2 Å². The second-order valence-electron chi connectivity index (χ2n) is 12.8. The number of hydrogen-bond donors (Lipinski definition) is 2. The Balaban J connectivity index is 1.51. The summed E-state index contributed by atoms with van der Waals surface area (Å²) in [5, 5.41) is 13.9. The van der Waals surface area contributed by atoms with Gasteiger partial charge in [0.05, 0.1) is 47.8 Å². The second-order valence-corrected chi connectivity index (χ2v) is 13.3. The molecule has 7 atom stereocenters. The van der Waals surface area contributed by atoms with Crippen molar-refractivity contribution < 1.29 is 33.8 Å². The molecule has 3 aliphatic rings. The molecule has 0 aliphatic carbocycles. The number of benzene rings is 2. The monoisotopic (exact) mass is 677 g/mol. The van der Waals surface area contributed by atoms with Gasteiger partial charge in [-0.2, -0.15) is 0 Å². The first-order valence-electron chi connectivity index (χ1n) is 16.5. The molecule has 3 fully saturated rings. The van der Waals surface area contributed by atoms with Gasteiger partial charge < -0.3 is 29.7 Å². The van der Waals surface area contributed by atoms with Crippen LogP contribution in [0, 0.1) is 18.8 Å². The molecule has 3 heterocycles. The van der Waals surface area contributed by atoms with E-state index in [1.165, 1.54) is 9.80 Å². The molecule has 256 valence electrons. The van der Waals surface area contributed by atoms with Crippen LogP contribution in [0.4, 0.5) is 5.69 Å². The summed E-state index contributed by atoms with van der Waals surface area (Å²) in [6.07, 6.45) is 3.85. The molecule has 0 saturated carbocycles. The van der Waals surface area contributed by atoms with E-state index in [-0.39, 0.29) is 31.8 Å². The first-order chi connectivity index (χ1) is 23.1. The van der Waals surface area contributed by atoms with Gasteiger partial charge in [0, 0.05) is 13.0 Å². The average molecular weight is 678 g/mol. The number of anilines is 1. The largest absolute Gasteiger partial charge is 0.460 e. The van der Waals surface area contributed by atoms with Gasteiger partial charge in [-0.15, -0.1) is 13.2 Å². The zero-order valence-corrected chi connectivity index (χ0v) is 28.2. The minimum Gasteiger partial charge on any atom is -0.460 e. The molecule has 3 amide bonds. The number of aliphatic hydroxyl groups excluding tert-OH is 1. The van der Waals surface area contributed by atoms with Gasteiger partial charge in [-0.25, -0.2) is 0 Å². The molecule has 0 aromatic heterocycles. The summed E-state index contributed by atoms with van der Waals surface area (Å²) in [5.41, 5.74) is 0.797. The van der Waals surface area contributed by atoms with E-state index in [4.69, 9.17) is 21.1 Å². The van der Waals surface area contributed by atoms with Gasteiger partial charge in [-0.1, -0.05) is 66.2 Å². The Hall–Kier alpha value is -3.99. The molecule has 2 bridgehead atoms. The fourth-order valence-electron chi connectivity index (χ4n) is 7.60. The smallest absolute Gasteiger partial charge is 0.312 e. The first kappa shape index (κ1) is 35.3. The molecule has 2 aromatic carbocycles. The Labute approximate surface area is 286 Å². The summed E-state index contributed by atoms with van der Waals surface area (Å²) in [6.45, 7) is 10.8. The lowest BCUT2D eigenvalue weighted by Gasteiger charge is -2.39. The van der Waals surface area contributed by atoms with Gasteiger partial charge in [0.15, 0.2) is 0 Å². The quantitative estimate of drug-likeness (QED) is 0.214. The van der Waals surface area contributed by atoms with E-state index in [0.29, 0.717) is 30.0 Å². The zero-order chi connectivity index (χ0) is 34.6. The SMILES string of the molecule is C=CCCC(=O)NC[C@@H](C)OC(=O)[C@@H]1[C@@H]2CC[C@]3(O2)[C@H](C(=O)N(CC=C)c2c(C)cccc2Cl)N([C@@H](CO)Cc2ccccc2)C(=O)[C@@H]13. The summed E-state index contributed by atoms with van der Waals surface area (Å²) in [6, 6.07) is 12.8. The van der Waals surface area contributed by atoms with Gasteiger partial charge in [-0.3, -0.25) is 19.2 Å². The topological polar surface area (TPSA) is 125 Å². The number of hydrogen-bond acceptors (Lipinski definition) is 7. The number of carbonyl (C=O) groups excluding carboxylic acids is 4. The number of amides is 3. The van der Waals surface area contributed by atoms with Gasteiger partial charge in [-0.05, 0) is 56.7 Å². The van der Waals surface area contributed by atoms with Crippen molar-refractivity contribution in [2.75, 3.05) is 24.6 Å². The lowest BCUT2D eigenvalue weighted by molar-refractivity contribution is -0.159. The molecule has 3 aliphatic heterocycles. The molecule has 3 saturated heterocycles. The summed E-state index contributed by atoms with van der Waals surface area (Å²) in [4.78, 5) is 58.6. The number of carbonyl (C=O) groups is 4. The predicted molar refractivity (Wildman–Crippen MR) is 182 cm³/mol. The molecule has 48 heavy (non-hydrogen) atoms. The van der Waals surface area contributed by atoms with Crippen molar-refractivity contribution >= 4 is 41.0 Å². The van der Waals surface area contributed by atoms with E-state index in [9.17, 15) is 24.3 Å². The lowest BCUT2D eigenvalue weighted by Crippen LogP contribution is -2.59. The Morgan fingerprint density at radius 3 is 2.60 bits per heavy atom. The number of fused-ring (bicyclic) bond motifs is 1. The number of halogens is 1. The Morgan fingerprint density at radius 2 is 1.94 bits per heavy atom. The maximum absolute atomic E-state index is 15.0. The van der Waals surface area contributed by atoms with E-state index < -0.39 is 66.1 Å². The fraction of sp³-hybridized carbons (Fsp3) is 0.459. The summed E-state index contributed by atoms with van der Waals surface area (Å²) in [7, 11) is 0. The summed E-state index contributed by atoms with van der Waals surface area (Å²) >= 11 is 6.67. The Kier molecular flexibility index (Phi) is 11.1. The Bertz CT molecular complexity index is 1530. The highest BCUT2D eigenvalue weighted by Crippen LogP contribution is 2.59. The molecule has 10 nitrogen and oxygen atoms in total. The average Bonchev–Trinajstić information content (AvgIpc) is 3.72. The minimum atomic E-state index is -1.33. The lowest BCUT2D eigenvalue weighted by atomic mass is 9.70. The number of aliphatic hydroxyl groups is 1. The normalized spacial score (nSPS) is 25.2. The number of likely N-dealkylation sites (tertiary alicyclic amines) is 1. The third-order valence-electron chi connectivity index (χ3n) is 9.68. The van der Waals surface area contributed by atoms with Crippen LogP contribution in [0.1, 0.15) is 43.7 Å². The van der Waals surface area contributed by atoms with E-state index in [2.05, 4.69) is 18.5 Å². The van der Waals surface area contributed by atoms with Crippen LogP contribution in [0.2, 0.25) is 5.02 Å². The maximum atomic E-state index is 15.0. The van der Waals surface area contributed by atoms with Crippen LogP contribution < -0.4 is 10.2 Å². The Morgan fingerprint density at radius 1 is 1.19 bits per heavy atom. The molecule has 0 radical (unpaired) electrons. The van der Waals surface area contributed by atoms with E-state index in [0.717, 1.165) is 11.1 Å². The summed E-state index contributed by atoms with van der Waals surface area (Å²) in [5.74, 6) is -3.64. The third-order valence-corrected chi connectivity index (χ3v) is 9.98. The van der Waals surface area contributed by atoms with E-state index in [1.54, 1.807) is 31.2 Å². The van der Waals surface area contributed by atoms with Crippen LogP contribution in [0.25, 0.3) is 0 Å². The number of para-hydroxylation sites is 1. The van der Waals surface area contributed by atoms with Crippen molar-refractivity contribution in [2.45, 2.75) is 75.8 Å². The van der Waals surface area contributed by atoms with Crippen molar-refractivity contribution in [3.05, 3.63) is 90.0 Å². The molecule has 2 N–H and O–H groups in total. The molecular formula is C37H44ClN3O7. The standard InChI is InChI=1S/C37H44ClN3O7/c1-5-7-16-29(43)39-21-24(4)47-36(46)30-28-17-18-37(48-28)31(30)34(44)41(26(22-42)20-25-13-9-8-10-14-25)33(37)35(45)40(19-6-2)32-23(3)12-11-15-27(32)38/h5-6,8-15,24,26,28,30-31,33,42H,1-2,7,16-22H2,3-4H3,(H,39,43)/t24-,26-,28+,30-,31-,33+,37-/m1/s1. The van der Waals surface area contributed by atoms with Crippen molar-refractivity contribution in [1.29, 1.82) is 0 Å². The number of nitrogens with zero attached hydrogens (tertiary/aromatic N) is 2.